The van der Waals surface area contributed by atoms with E-state index in [2.05, 4.69) is 11.6 Å². The molecule has 1 aromatic rings. The third kappa shape index (κ3) is 4.02. The zero-order valence-corrected chi connectivity index (χ0v) is 13.8. The summed E-state index contributed by atoms with van der Waals surface area (Å²) < 4.78 is 27.7. The van der Waals surface area contributed by atoms with Crippen molar-refractivity contribution in [1.82, 2.24) is 4.72 Å². The Hall–Kier alpha value is -0.980. The molecule has 2 unspecified atom stereocenters. The van der Waals surface area contributed by atoms with Crippen LogP contribution in [0.4, 0.5) is 0 Å². The van der Waals surface area contributed by atoms with E-state index in [0.29, 0.717) is 23.9 Å². The third-order valence-electron chi connectivity index (χ3n) is 4.27. The minimum atomic E-state index is -3.58. The maximum absolute atomic E-state index is 12.5. The monoisotopic (exact) mass is 326 g/mol. The highest BCUT2D eigenvalue weighted by Gasteiger charge is 2.25. The van der Waals surface area contributed by atoms with Crippen molar-refractivity contribution in [1.29, 1.82) is 0 Å². The lowest BCUT2D eigenvalue weighted by Crippen LogP contribution is -2.34. The maximum atomic E-state index is 12.5. The number of nitrogens with two attached hydrogens (primary N) is 1. The second kappa shape index (κ2) is 6.85. The Bertz CT molecular complexity index is 614. The number of benzene rings is 1. The summed E-state index contributed by atoms with van der Waals surface area (Å²) in [5.74, 6) is 0.970. The van der Waals surface area contributed by atoms with Crippen molar-refractivity contribution in [3.05, 3.63) is 29.8 Å². The van der Waals surface area contributed by atoms with Gasteiger partial charge in [-0.05, 0) is 24.3 Å². The molecule has 0 spiro atoms. The van der Waals surface area contributed by atoms with Gasteiger partial charge in [0.1, 0.15) is 4.99 Å². The SMILES string of the molecule is CC1CCCCC1CNS(=O)(=O)c1ccccc1C(N)=S. The normalized spacial score (nSPS) is 22.9. The van der Waals surface area contributed by atoms with Crippen molar-refractivity contribution < 1.29 is 8.42 Å². The molecule has 1 aliphatic rings. The molecule has 4 nitrogen and oxygen atoms in total. The molecule has 0 amide bonds. The summed E-state index contributed by atoms with van der Waals surface area (Å²) >= 11 is 4.93. The quantitative estimate of drug-likeness (QED) is 0.815. The summed E-state index contributed by atoms with van der Waals surface area (Å²) in [6.07, 6.45) is 4.69. The van der Waals surface area contributed by atoms with E-state index in [9.17, 15) is 8.42 Å². The number of sulfonamides is 1. The molecule has 1 fully saturated rings. The van der Waals surface area contributed by atoms with Gasteiger partial charge in [0.25, 0.3) is 0 Å². The smallest absolute Gasteiger partial charge is 0.241 e. The van der Waals surface area contributed by atoms with Gasteiger partial charge in [-0.1, -0.05) is 56.6 Å². The fraction of sp³-hybridized carbons (Fsp3) is 0.533. The molecular weight excluding hydrogens is 304 g/mol. The maximum Gasteiger partial charge on any atom is 0.241 e. The molecule has 1 aliphatic carbocycles. The molecule has 3 N–H and O–H groups in total. The van der Waals surface area contributed by atoms with Crippen LogP contribution in [0.25, 0.3) is 0 Å². The van der Waals surface area contributed by atoms with Gasteiger partial charge in [0.15, 0.2) is 0 Å². The van der Waals surface area contributed by atoms with Crippen LogP contribution in [-0.4, -0.2) is 20.0 Å². The summed E-state index contributed by atoms with van der Waals surface area (Å²) in [5.41, 5.74) is 6.01. The molecule has 0 aromatic heterocycles. The van der Waals surface area contributed by atoms with Gasteiger partial charge >= 0.3 is 0 Å². The first-order valence-electron chi connectivity index (χ1n) is 7.30. The van der Waals surface area contributed by atoms with Gasteiger partial charge in [-0.2, -0.15) is 0 Å². The van der Waals surface area contributed by atoms with Crippen molar-refractivity contribution in [3.63, 3.8) is 0 Å². The van der Waals surface area contributed by atoms with Crippen molar-refractivity contribution >= 4 is 27.2 Å². The van der Waals surface area contributed by atoms with Crippen LogP contribution in [0.2, 0.25) is 0 Å². The number of hydrogen-bond donors (Lipinski definition) is 2. The van der Waals surface area contributed by atoms with E-state index in [0.717, 1.165) is 6.42 Å². The summed E-state index contributed by atoms with van der Waals surface area (Å²) in [6, 6.07) is 6.59. The first-order valence-corrected chi connectivity index (χ1v) is 9.19. The van der Waals surface area contributed by atoms with Crippen LogP contribution in [0.3, 0.4) is 0 Å². The van der Waals surface area contributed by atoms with E-state index in [1.807, 2.05) is 0 Å². The van der Waals surface area contributed by atoms with Crippen LogP contribution < -0.4 is 10.5 Å². The number of hydrogen-bond acceptors (Lipinski definition) is 3. The van der Waals surface area contributed by atoms with Gasteiger partial charge in [0, 0.05) is 12.1 Å². The number of thiocarbonyl (C=S) groups is 1. The molecule has 116 valence electrons. The fourth-order valence-electron chi connectivity index (χ4n) is 2.90. The Balaban J connectivity index is 2.13. The highest BCUT2D eigenvalue weighted by atomic mass is 32.2. The fourth-order valence-corrected chi connectivity index (χ4v) is 4.45. The van der Waals surface area contributed by atoms with E-state index in [-0.39, 0.29) is 9.88 Å². The van der Waals surface area contributed by atoms with Crippen LogP contribution >= 0.6 is 12.2 Å². The van der Waals surface area contributed by atoms with Gasteiger partial charge in [0.05, 0.1) is 4.90 Å². The van der Waals surface area contributed by atoms with Crippen LogP contribution in [-0.2, 0) is 10.0 Å². The van der Waals surface area contributed by atoms with E-state index in [4.69, 9.17) is 18.0 Å². The Morgan fingerprint density at radius 3 is 2.67 bits per heavy atom. The van der Waals surface area contributed by atoms with Gasteiger partial charge in [-0.25, -0.2) is 13.1 Å². The molecule has 0 aliphatic heterocycles. The van der Waals surface area contributed by atoms with Gasteiger partial charge in [-0.3, -0.25) is 0 Å². The van der Waals surface area contributed by atoms with Gasteiger partial charge < -0.3 is 5.73 Å². The summed E-state index contributed by atoms with van der Waals surface area (Å²) in [4.78, 5) is 0.267. The molecule has 2 atom stereocenters. The molecule has 0 saturated heterocycles. The van der Waals surface area contributed by atoms with Crippen LogP contribution in [0, 0.1) is 11.8 Å². The van der Waals surface area contributed by atoms with Crippen LogP contribution in [0.15, 0.2) is 29.2 Å². The predicted molar refractivity (Wildman–Crippen MR) is 88.6 cm³/mol. The summed E-state index contributed by atoms with van der Waals surface area (Å²) in [6.45, 7) is 2.68. The second-order valence-electron chi connectivity index (χ2n) is 5.73. The van der Waals surface area contributed by atoms with Crippen LogP contribution in [0.5, 0.6) is 0 Å². The van der Waals surface area contributed by atoms with Gasteiger partial charge in [-0.15, -0.1) is 0 Å². The summed E-state index contributed by atoms with van der Waals surface area (Å²) in [5, 5.41) is 0. The number of nitrogens with one attached hydrogen (secondary N) is 1. The minimum Gasteiger partial charge on any atom is -0.389 e. The van der Waals surface area contributed by atoms with E-state index < -0.39 is 10.0 Å². The van der Waals surface area contributed by atoms with E-state index >= 15 is 0 Å². The van der Waals surface area contributed by atoms with Crippen molar-refractivity contribution in [2.45, 2.75) is 37.5 Å². The van der Waals surface area contributed by atoms with Crippen LogP contribution in [0.1, 0.15) is 38.2 Å². The first kappa shape index (κ1) is 16.4. The van der Waals surface area contributed by atoms with E-state index in [1.165, 1.54) is 19.3 Å². The summed E-state index contributed by atoms with van der Waals surface area (Å²) in [7, 11) is -3.58. The lowest BCUT2D eigenvalue weighted by molar-refractivity contribution is 0.257. The Morgan fingerprint density at radius 1 is 1.33 bits per heavy atom. The Kier molecular flexibility index (Phi) is 5.35. The molecule has 2 rings (SSSR count). The average molecular weight is 326 g/mol. The minimum absolute atomic E-state index is 0.0991. The molecule has 21 heavy (non-hydrogen) atoms. The molecule has 1 saturated carbocycles. The lowest BCUT2D eigenvalue weighted by atomic mass is 9.81. The standard InChI is InChI=1S/C15H22N2O2S2/c1-11-6-2-3-7-12(11)10-17-21(18,19)14-9-5-4-8-13(14)15(16)20/h4-5,8-9,11-12,17H,2-3,6-7,10H2,1H3,(H2,16,20). The molecule has 1 aromatic carbocycles. The predicted octanol–water partition coefficient (Wildman–Crippen LogP) is 2.43. The van der Waals surface area contributed by atoms with Crippen molar-refractivity contribution in [3.8, 4) is 0 Å². The highest BCUT2D eigenvalue weighted by molar-refractivity contribution is 7.89. The highest BCUT2D eigenvalue weighted by Crippen LogP contribution is 2.29. The second-order valence-corrected chi connectivity index (χ2v) is 7.91. The first-order chi connectivity index (χ1) is 9.92. The van der Waals surface area contributed by atoms with Crippen molar-refractivity contribution in [2.75, 3.05) is 6.54 Å². The zero-order chi connectivity index (χ0) is 15.5. The van der Waals surface area contributed by atoms with E-state index in [1.54, 1.807) is 24.3 Å². The van der Waals surface area contributed by atoms with Gasteiger partial charge in [0.2, 0.25) is 10.0 Å². The third-order valence-corrected chi connectivity index (χ3v) is 5.97. The van der Waals surface area contributed by atoms with Crippen molar-refractivity contribution in [2.24, 2.45) is 17.6 Å². The number of rotatable bonds is 5. The molecule has 0 bridgehead atoms. The molecule has 0 radical (unpaired) electrons. The largest absolute Gasteiger partial charge is 0.389 e. The topological polar surface area (TPSA) is 72.2 Å². The average Bonchev–Trinajstić information content (AvgIpc) is 2.46. The molecule has 6 heteroatoms. The Labute approximate surface area is 132 Å². The molecular formula is C15H22N2O2S2. The Morgan fingerprint density at radius 2 is 2.00 bits per heavy atom. The lowest BCUT2D eigenvalue weighted by Gasteiger charge is -2.28. The zero-order valence-electron chi connectivity index (χ0n) is 12.2. The molecule has 0 heterocycles.